The van der Waals surface area contributed by atoms with Crippen molar-refractivity contribution in [3.8, 4) is 0 Å². The van der Waals surface area contributed by atoms with Crippen LogP contribution in [0.5, 0.6) is 0 Å². The highest BCUT2D eigenvalue weighted by molar-refractivity contribution is 9.11. The third-order valence-corrected chi connectivity index (χ3v) is 4.35. The molecule has 1 N–H and O–H groups in total. The summed E-state index contributed by atoms with van der Waals surface area (Å²) in [5.74, 6) is 0. The first kappa shape index (κ1) is 13.2. The molecule has 0 amide bonds. The molecule has 0 aliphatic carbocycles. The van der Waals surface area contributed by atoms with Crippen LogP contribution < -0.4 is 5.32 Å². The molecule has 1 aromatic heterocycles. The van der Waals surface area contributed by atoms with Gasteiger partial charge in [-0.2, -0.15) is 0 Å². The molecule has 0 fully saturated rings. The van der Waals surface area contributed by atoms with Gasteiger partial charge in [0.15, 0.2) is 0 Å². The van der Waals surface area contributed by atoms with E-state index in [-0.39, 0.29) is 0 Å². The van der Waals surface area contributed by atoms with Crippen LogP contribution in [0.1, 0.15) is 51.0 Å². The summed E-state index contributed by atoms with van der Waals surface area (Å²) in [5.41, 5.74) is 0. The van der Waals surface area contributed by atoms with Gasteiger partial charge in [-0.3, -0.25) is 0 Å². The molecule has 15 heavy (non-hydrogen) atoms. The third-order valence-electron chi connectivity index (χ3n) is 2.55. The maximum Gasteiger partial charge on any atom is 0.0701 e. The highest BCUT2D eigenvalue weighted by atomic mass is 79.9. The molecule has 0 spiro atoms. The number of hydrogen-bond acceptors (Lipinski definition) is 2. The van der Waals surface area contributed by atoms with Gasteiger partial charge in [-0.15, -0.1) is 11.3 Å². The van der Waals surface area contributed by atoms with Crippen LogP contribution in [0.25, 0.3) is 0 Å². The van der Waals surface area contributed by atoms with E-state index < -0.39 is 0 Å². The first-order valence-electron chi connectivity index (χ1n) is 5.64. The normalized spacial score (nSPS) is 15.2. The van der Waals surface area contributed by atoms with E-state index in [4.69, 9.17) is 0 Å². The molecule has 0 aromatic carbocycles. The molecule has 1 aromatic rings. The van der Waals surface area contributed by atoms with E-state index in [0.29, 0.717) is 12.1 Å². The Hall–Kier alpha value is 0.140. The summed E-state index contributed by atoms with van der Waals surface area (Å²) in [4.78, 5) is 1.41. The lowest BCUT2D eigenvalue weighted by Crippen LogP contribution is -2.28. The van der Waals surface area contributed by atoms with E-state index in [1.165, 1.54) is 27.9 Å². The van der Waals surface area contributed by atoms with Gasteiger partial charge in [-0.05, 0) is 48.3 Å². The third kappa shape index (κ3) is 4.66. The van der Waals surface area contributed by atoms with E-state index >= 15 is 0 Å². The van der Waals surface area contributed by atoms with Gasteiger partial charge in [0.2, 0.25) is 0 Å². The fourth-order valence-corrected chi connectivity index (χ4v) is 3.10. The van der Waals surface area contributed by atoms with Gasteiger partial charge in [0.1, 0.15) is 0 Å². The molecule has 1 heterocycles. The van der Waals surface area contributed by atoms with Crippen molar-refractivity contribution >= 4 is 27.3 Å². The largest absolute Gasteiger partial charge is 0.307 e. The second-order valence-corrected chi connectivity index (χ2v) is 6.57. The Morgan fingerprint density at radius 3 is 2.67 bits per heavy atom. The maximum absolute atomic E-state index is 3.63. The first-order valence-corrected chi connectivity index (χ1v) is 7.25. The molecule has 2 unspecified atom stereocenters. The minimum absolute atomic E-state index is 0.466. The molecule has 86 valence electrons. The van der Waals surface area contributed by atoms with Crippen molar-refractivity contribution in [1.29, 1.82) is 0 Å². The molecule has 0 aliphatic heterocycles. The Morgan fingerprint density at radius 2 is 2.13 bits per heavy atom. The summed E-state index contributed by atoms with van der Waals surface area (Å²) < 4.78 is 1.22. The van der Waals surface area contributed by atoms with Crippen molar-refractivity contribution in [3.05, 3.63) is 20.8 Å². The topological polar surface area (TPSA) is 12.0 Å². The van der Waals surface area contributed by atoms with E-state index in [9.17, 15) is 0 Å². The number of nitrogens with one attached hydrogen (secondary N) is 1. The van der Waals surface area contributed by atoms with Gasteiger partial charge in [0.25, 0.3) is 0 Å². The summed E-state index contributed by atoms with van der Waals surface area (Å²) in [6.07, 6.45) is 3.87. The van der Waals surface area contributed by atoms with Crippen LogP contribution in [0.15, 0.2) is 15.9 Å². The number of rotatable bonds is 6. The molecule has 0 aliphatic rings. The monoisotopic (exact) mass is 289 g/mol. The van der Waals surface area contributed by atoms with Crippen molar-refractivity contribution in [2.24, 2.45) is 0 Å². The van der Waals surface area contributed by atoms with Crippen LogP contribution in [0.2, 0.25) is 0 Å². The zero-order valence-corrected chi connectivity index (χ0v) is 12.1. The van der Waals surface area contributed by atoms with Crippen LogP contribution in [-0.4, -0.2) is 6.04 Å². The highest BCUT2D eigenvalue weighted by Gasteiger charge is 2.10. The fraction of sp³-hybridized carbons (Fsp3) is 0.667. The smallest absolute Gasteiger partial charge is 0.0701 e. The minimum atomic E-state index is 0.466. The fourth-order valence-electron chi connectivity index (χ4n) is 1.66. The Labute approximate surface area is 105 Å². The van der Waals surface area contributed by atoms with Crippen molar-refractivity contribution in [2.75, 3.05) is 0 Å². The summed E-state index contributed by atoms with van der Waals surface area (Å²) in [7, 11) is 0. The van der Waals surface area contributed by atoms with Crippen LogP contribution in [0, 0.1) is 0 Å². The van der Waals surface area contributed by atoms with E-state index in [2.05, 4.69) is 54.2 Å². The summed E-state index contributed by atoms with van der Waals surface area (Å²) in [6, 6.07) is 5.39. The van der Waals surface area contributed by atoms with Crippen molar-refractivity contribution in [1.82, 2.24) is 5.32 Å². The summed E-state index contributed by atoms with van der Waals surface area (Å²) >= 11 is 5.32. The number of hydrogen-bond donors (Lipinski definition) is 1. The van der Waals surface area contributed by atoms with Gasteiger partial charge < -0.3 is 5.32 Å². The average Bonchev–Trinajstić information content (AvgIpc) is 2.61. The van der Waals surface area contributed by atoms with Gasteiger partial charge in [-0.25, -0.2) is 0 Å². The molecular formula is C12H20BrNS. The Bertz CT molecular complexity index is 285. The van der Waals surface area contributed by atoms with Gasteiger partial charge in [-0.1, -0.05) is 19.8 Å². The SMILES string of the molecule is CCCCC(C)NC(C)c1ccc(Br)s1. The van der Waals surface area contributed by atoms with E-state index in [0.717, 1.165) is 0 Å². The van der Waals surface area contributed by atoms with Gasteiger partial charge >= 0.3 is 0 Å². The first-order chi connectivity index (χ1) is 7.13. The van der Waals surface area contributed by atoms with Crippen LogP contribution in [0.3, 0.4) is 0 Å². The lowest BCUT2D eigenvalue weighted by molar-refractivity contribution is 0.448. The van der Waals surface area contributed by atoms with Crippen LogP contribution >= 0.6 is 27.3 Å². The zero-order chi connectivity index (χ0) is 11.3. The van der Waals surface area contributed by atoms with Crippen molar-refractivity contribution in [2.45, 2.75) is 52.1 Å². The Kier molecular flexibility index (Phi) is 5.87. The predicted molar refractivity (Wildman–Crippen MR) is 72.6 cm³/mol. The zero-order valence-electron chi connectivity index (χ0n) is 9.72. The second kappa shape index (κ2) is 6.66. The summed E-state index contributed by atoms with van der Waals surface area (Å²) in [5, 5.41) is 3.63. The predicted octanol–water partition coefficient (Wildman–Crippen LogP) is 4.74. The van der Waals surface area contributed by atoms with Crippen molar-refractivity contribution < 1.29 is 0 Å². The average molecular weight is 290 g/mol. The van der Waals surface area contributed by atoms with Crippen LogP contribution in [-0.2, 0) is 0 Å². The number of thiophene rings is 1. The molecule has 0 bridgehead atoms. The van der Waals surface area contributed by atoms with Crippen LogP contribution in [0.4, 0.5) is 0 Å². The summed E-state index contributed by atoms with van der Waals surface area (Å²) in [6.45, 7) is 6.75. The molecule has 3 heteroatoms. The second-order valence-electron chi connectivity index (χ2n) is 4.07. The molecule has 0 radical (unpaired) electrons. The minimum Gasteiger partial charge on any atom is -0.307 e. The molecule has 1 nitrogen and oxygen atoms in total. The lowest BCUT2D eigenvalue weighted by Gasteiger charge is -2.18. The van der Waals surface area contributed by atoms with E-state index in [1.54, 1.807) is 0 Å². The van der Waals surface area contributed by atoms with Gasteiger partial charge in [0, 0.05) is 17.0 Å². The Balaban J connectivity index is 2.38. The molecule has 2 atom stereocenters. The number of unbranched alkanes of at least 4 members (excludes halogenated alkanes) is 1. The lowest BCUT2D eigenvalue weighted by atomic mass is 10.1. The van der Waals surface area contributed by atoms with Crippen molar-refractivity contribution in [3.63, 3.8) is 0 Å². The number of halogens is 1. The van der Waals surface area contributed by atoms with Gasteiger partial charge in [0.05, 0.1) is 3.79 Å². The highest BCUT2D eigenvalue weighted by Crippen LogP contribution is 2.27. The molecular weight excluding hydrogens is 270 g/mol. The Morgan fingerprint density at radius 1 is 1.40 bits per heavy atom. The maximum atomic E-state index is 3.63. The standard InChI is InChI=1S/C12H20BrNS/c1-4-5-6-9(2)14-10(3)11-7-8-12(13)15-11/h7-10,14H,4-6H2,1-3H3. The molecule has 0 saturated heterocycles. The quantitative estimate of drug-likeness (QED) is 0.798. The molecule has 0 saturated carbocycles. The van der Waals surface area contributed by atoms with E-state index in [1.807, 2.05) is 11.3 Å². The molecule has 1 rings (SSSR count).